The normalized spacial score (nSPS) is 21.4. The molecule has 2 aliphatic heterocycles. The predicted octanol–water partition coefficient (Wildman–Crippen LogP) is 2.25. The number of nitrogens with zero attached hydrogens (tertiary/aromatic N) is 4. The maximum atomic E-state index is 13.3. The highest BCUT2D eigenvalue weighted by molar-refractivity contribution is 5.92. The van der Waals surface area contributed by atoms with Crippen LogP contribution < -0.4 is 4.74 Å². The number of halogens is 1. The van der Waals surface area contributed by atoms with E-state index in [1.54, 1.807) is 24.2 Å². The van der Waals surface area contributed by atoms with Gasteiger partial charge in [0.2, 0.25) is 5.91 Å². The molecule has 0 aliphatic carbocycles. The van der Waals surface area contributed by atoms with Crippen LogP contribution in [0.2, 0.25) is 0 Å². The number of ether oxygens (including phenoxy) is 2. The molecule has 4 rings (SSSR count). The van der Waals surface area contributed by atoms with E-state index in [0.717, 1.165) is 32.4 Å². The Labute approximate surface area is 186 Å². The lowest BCUT2D eigenvalue weighted by Gasteiger charge is -2.43. The fourth-order valence-electron chi connectivity index (χ4n) is 4.29. The van der Waals surface area contributed by atoms with Crippen molar-refractivity contribution in [3.63, 3.8) is 0 Å². The van der Waals surface area contributed by atoms with Crippen molar-refractivity contribution in [3.8, 4) is 5.75 Å². The van der Waals surface area contributed by atoms with Crippen LogP contribution in [0.15, 0.2) is 36.5 Å². The van der Waals surface area contributed by atoms with Crippen molar-refractivity contribution in [3.05, 3.63) is 48.0 Å². The van der Waals surface area contributed by atoms with Gasteiger partial charge in [0, 0.05) is 32.9 Å². The Balaban J connectivity index is 1.52. The minimum atomic E-state index is -0.991. The van der Waals surface area contributed by atoms with Gasteiger partial charge in [-0.25, -0.2) is 4.39 Å². The molecule has 32 heavy (non-hydrogen) atoms. The van der Waals surface area contributed by atoms with Gasteiger partial charge in [-0.2, -0.15) is 5.10 Å². The topological polar surface area (TPSA) is 76.9 Å². The number of carbonyl (C=O) groups is 2. The molecule has 1 atom stereocenters. The van der Waals surface area contributed by atoms with Gasteiger partial charge in [0.05, 0.1) is 19.6 Å². The van der Waals surface area contributed by atoms with Crippen molar-refractivity contribution in [2.24, 2.45) is 7.05 Å². The predicted molar refractivity (Wildman–Crippen MR) is 115 cm³/mol. The minimum absolute atomic E-state index is 0.00207. The molecule has 8 nitrogen and oxygen atoms in total. The van der Waals surface area contributed by atoms with Gasteiger partial charge in [-0.1, -0.05) is 0 Å². The highest BCUT2D eigenvalue weighted by atomic mass is 19.1. The molecule has 172 valence electrons. The monoisotopic (exact) mass is 444 g/mol. The third-order valence-corrected chi connectivity index (χ3v) is 6.07. The van der Waals surface area contributed by atoms with E-state index in [0.29, 0.717) is 24.6 Å². The molecule has 2 aliphatic rings. The molecule has 3 heterocycles. The lowest BCUT2D eigenvalue weighted by Crippen LogP contribution is -2.58. The average molecular weight is 445 g/mol. The number of carbonyl (C=O) groups excluding carboxylic acids is 2. The standard InChI is InChI=1S/C23H29FN4O4/c1-26-20(9-10-25-26)22(30)28-13-14-32-23(16-28,15-21(29)27-11-3-2-4-12-27)17-31-19-7-5-18(24)6-8-19/h5-10H,2-4,11-17H2,1H3. The summed E-state index contributed by atoms with van der Waals surface area (Å²) in [4.78, 5) is 29.8. The molecule has 0 spiro atoms. The summed E-state index contributed by atoms with van der Waals surface area (Å²) in [7, 11) is 1.72. The van der Waals surface area contributed by atoms with Crippen LogP contribution in [0.1, 0.15) is 36.2 Å². The third kappa shape index (κ3) is 5.09. The molecule has 1 aromatic heterocycles. The first-order valence-electron chi connectivity index (χ1n) is 11.0. The number of aromatic nitrogens is 2. The summed E-state index contributed by atoms with van der Waals surface area (Å²) >= 11 is 0. The molecule has 0 N–H and O–H groups in total. The molecule has 1 aromatic carbocycles. The first kappa shape index (κ1) is 22.3. The minimum Gasteiger partial charge on any atom is -0.490 e. The summed E-state index contributed by atoms with van der Waals surface area (Å²) in [6, 6.07) is 7.39. The Morgan fingerprint density at radius 3 is 2.53 bits per heavy atom. The third-order valence-electron chi connectivity index (χ3n) is 6.07. The van der Waals surface area contributed by atoms with E-state index in [2.05, 4.69) is 5.10 Å². The van der Waals surface area contributed by atoms with Gasteiger partial charge in [0.15, 0.2) is 0 Å². The van der Waals surface area contributed by atoms with E-state index < -0.39 is 5.60 Å². The van der Waals surface area contributed by atoms with E-state index in [1.807, 2.05) is 4.90 Å². The Hall–Kier alpha value is -2.94. The van der Waals surface area contributed by atoms with Crippen molar-refractivity contribution >= 4 is 11.8 Å². The van der Waals surface area contributed by atoms with Gasteiger partial charge in [0.1, 0.15) is 29.5 Å². The van der Waals surface area contributed by atoms with Gasteiger partial charge in [-0.05, 0) is 49.6 Å². The summed E-state index contributed by atoms with van der Waals surface area (Å²) in [5, 5.41) is 4.08. The Kier molecular flexibility index (Phi) is 6.74. The highest BCUT2D eigenvalue weighted by Gasteiger charge is 2.42. The summed E-state index contributed by atoms with van der Waals surface area (Å²) in [6.07, 6.45) is 4.82. The molecule has 0 bridgehead atoms. The number of piperidine rings is 1. The molecular formula is C23H29FN4O4. The first-order valence-corrected chi connectivity index (χ1v) is 11.0. The van der Waals surface area contributed by atoms with Crippen LogP contribution in [0.4, 0.5) is 4.39 Å². The fraction of sp³-hybridized carbons (Fsp3) is 0.522. The molecule has 2 fully saturated rings. The van der Waals surface area contributed by atoms with Crippen LogP contribution in [0.3, 0.4) is 0 Å². The van der Waals surface area contributed by atoms with Crippen molar-refractivity contribution < 1.29 is 23.5 Å². The summed E-state index contributed by atoms with van der Waals surface area (Å²) < 4.78 is 26.8. The van der Waals surface area contributed by atoms with Crippen LogP contribution >= 0.6 is 0 Å². The van der Waals surface area contributed by atoms with E-state index >= 15 is 0 Å². The zero-order valence-corrected chi connectivity index (χ0v) is 18.3. The Morgan fingerprint density at radius 1 is 1.09 bits per heavy atom. The number of amides is 2. The highest BCUT2D eigenvalue weighted by Crippen LogP contribution is 2.27. The molecule has 0 saturated carbocycles. The van der Waals surface area contributed by atoms with Crippen LogP contribution in [0.25, 0.3) is 0 Å². The Bertz CT molecular complexity index is 942. The largest absolute Gasteiger partial charge is 0.490 e. The zero-order chi connectivity index (χ0) is 22.6. The molecule has 0 radical (unpaired) electrons. The maximum Gasteiger partial charge on any atom is 0.272 e. The van der Waals surface area contributed by atoms with Crippen molar-refractivity contribution in [1.29, 1.82) is 0 Å². The van der Waals surface area contributed by atoms with Crippen molar-refractivity contribution in [2.75, 3.05) is 39.4 Å². The zero-order valence-electron chi connectivity index (χ0n) is 18.3. The molecular weight excluding hydrogens is 415 g/mol. The van der Waals surface area contributed by atoms with Gasteiger partial charge in [-0.3, -0.25) is 14.3 Å². The van der Waals surface area contributed by atoms with Crippen LogP contribution in [-0.2, 0) is 16.6 Å². The van der Waals surface area contributed by atoms with E-state index in [9.17, 15) is 14.0 Å². The van der Waals surface area contributed by atoms with Gasteiger partial charge in [-0.15, -0.1) is 0 Å². The number of hydrogen-bond acceptors (Lipinski definition) is 5. The molecule has 1 unspecified atom stereocenters. The summed E-state index contributed by atoms with van der Waals surface area (Å²) in [5.41, 5.74) is -0.516. The van der Waals surface area contributed by atoms with E-state index in [1.165, 1.54) is 28.9 Å². The van der Waals surface area contributed by atoms with Gasteiger partial charge < -0.3 is 19.3 Å². The smallest absolute Gasteiger partial charge is 0.272 e. The second-order valence-electron chi connectivity index (χ2n) is 8.46. The lowest BCUT2D eigenvalue weighted by atomic mass is 9.96. The van der Waals surface area contributed by atoms with Crippen LogP contribution in [0, 0.1) is 5.82 Å². The van der Waals surface area contributed by atoms with E-state index in [-0.39, 0.29) is 37.2 Å². The second kappa shape index (κ2) is 9.68. The molecule has 2 aromatic rings. The van der Waals surface area contributed by atoms with Crippen LogP contribution in [0.5, 0.6) is 5.75 Å². The van der Waals surface area contributed by atoms with Crippen LogP contribution in [-0.4, -0.2) is 76.4 Å². The van der Waals surface area contributed by atoms with Crippen molar-refractivity contribution in [2.45, 2.75) is 31.3 Å². The SMILES string of the molecule is Cn1nccc1C(=O)N1CCOC(COc2ccc(F)cc2)(CC(=O)N2CCCCC2)C1. The van der Waals surface area contributed by atoms with Crippen molar-refractivity contribution in [1.82, 2.24) is 19.6 Å². The molecule has 2 saturated heterocycles. The number of morpholine rings is 1. The number of aryl methyl sites for hydroxylation is 1. The fourth-order valence-corrected chi connectivity index (χ4v) is 4.29. The number of likely N-dealkylation sites (tertiary alicyclic amines) is 1. The number of hydrogen-bond donors (Lipinski definition) is 0. The number of benzene rings is 1. The number of rotatable bonds is 6. The Morgan fingerprint density at radius 2 is 1.84 bits per heavy atom. The molecule has 2 amide bonds. The summed E-state index contributed by atoms with van der Waals surface area (Å²) in [5.74, 6) is -0.0313. The lowest BCUT2D eigenvalue weighted by molar-refractivity contribution is -0.153. The first-order chi connectivity index (χ1) is 15.5. The average Bonchev–Trinajstić information content (AvgIpc) is 3.25. The second-order valence-corrected chi connectivity index (χ2v) is 8.46. The van der Waals surface area contributed by atoms with Gasteiger partial charge in [0.25, 0.3) is 5.91 Å². The van der Waals surface area contributed by atoms with Gasteiger partial charge >= 0.3 is 0 Å². The maximum absolute atomic E-state index is 13.3. The van der Waals surface area contributed by atoms with E-state index in [4.69, 9.17) is 9.47 Å². The summed E-state index contributed by atoms with van der Waals surface area (Å²) in [6.45, 7) is 2.49. The quantitative estimate of drug-likeness (QED) is 0.683. The molecule has 9 heteroatoms.